The molecule has 2 aromatic heterocycles. The molecule has 0 radical (unpaired) electrons. The maximum absolute atomic E-state index is 5.87. The van der Waals surface area contributed by atoms with Gasteiger partial charge in [-0.3, -0.25) is 0 Å². The van der Waals surface area contributed by atoms with Crippen molar-refractivity contribution >= 4 is 22.9 Å². The largest absolute Gasteiger partial charge is 0.420 e. The van der Waals surface area contributed by atoms with E-state index in [9.17, 15) is 0 Å². The summed E-state index contributed by atoms with van der Waals surface area (Å²) in [5.41, 5.74) is 0. The van der Waals surface area contributed by atoms with Crippen LogP contribution in [0, 0.1) is 0 Å². The maximum atomic E-state index is 5.87. The Hall–Kier alpha value is -0.910. The molecule has 0 aliphatic rings. The quantitative estimate of drug-likeness (QED) is 0.827. The molecule has 0 unspecified atom stereocenters. The topological polar surface area (TPSA) is 51.0 Å². The van der Waals surface area contributed by atoms with Crippen LogP contribution in [0.1, 0.15) is 26.2 Å². The highest BCUT2D eigenvalue weighted by Gasteiger charge is 2.10. The van der Waals surface area contributed by atoms with Crippen LogP contribution in [-0.4, -0.2) is 22.8 Å². The Balaban J connectivity index is 1.86. The minimum absolute atomic E-state index is 0.511. The number of nitrogens with one attached hydrogen (secondary N) is 1. The Bertz CT molecular complexity index is 495. The van der Waals surface area contributed by atoms with Crippen LogP contribution in [0.2, 0.25) is 4.34 Å². The van der Waals surface area contributed by atoms with E-state index >= 15 is 0 Å². The van der Waals surface area contributed by atoms with Gasteiger partial charge < -0.3 is 9.73 Å². The lowest BCUT2D eigenvalue weighted by molar-refractivity contribution is 0.484. The first kappa shape index (κ1) is 13.5. The fraction of sp³-hybridized carbons (Fsp3) is 0.500. The van der Waals surface area contributed by atoms with Crippen LogP contribution in [0.4, 0.5) is 0 Å². The third-order valence-electron chi connectivity index (χ3n) is 2.37. The molecule has 1 N–H and O–H groups in total. The summed E-state index contributed by atoms with van der Waals surface area (Å²) >= 11 is 7.31. The van der Waals surface area contributed by atoms with Crippen LogP contribution in [0.3, 0.4) is 0 Å². The van der Waals surface area contributed by atoms with E-state index in [-0.39, 0.29) is 0 Å². The van der Waals surface area contributed by atoms with E-state index in [0.717, 1.165) is 28.6 Å². The lowest BCUT2D eigenvalue weighted by atomic mass is 10.3. The van der Waals surface area contributed by atoms with E-state index in [1.807, 2.05) is 12.1 Å². The molecule has 4 nitrogen and oxygen atoms in total. The van der Waals surface area contributed by atoms with Gasteiger partial charge in [-0.15, -0.1) is 21.5 Å². The Labute approximate surface area is 115 Å². The van der Waals surface area contributed by atoms with Gasteiger partial charge in [-0.2, -0.15) is 0 Å². The summed E-state index contributed by atoms with van der Waals surface area (Å²) in [6.45, 7) is 5.22. The number of thiophene rings is 1. The highest BCUT2D eigenvalue weighted by Crippen LogP contribution is 2.29. The fourth-order valence-electron chi connectivity index (χ4n) is 1.51. The Kier molecular flexibility index (Phi) is 4.74. The van der Waals surface area contributed by atoms with Gasteiger partial charge in [-0.05, 0) is 25.1 Å². The number of aromatic nitrogens is 2. The summed E-state index contributed by atoms with van der Waals surface area (Å²) in [6.07, 6.45) is 1.79. The molecule has 6 heteroatoms. The highest BCUT2D eigenvalue weighted by atomic mass is 35.5. The summed E-state index contributed by atoms with van der Waals surface area (Å²) in [5, 5.41) is 11.4. The normalized spacial score (nSPS) is 11.3. The molecule has 18 heavy (non-hydrogen) atoms. The summed E-state index contributed by atoms with van der Waals surface area (Å²) < 4.78 is 6.32. The number of nitrogens with zero attached hydrogens (tertiary/aromatic N) is 2. The first-order valence-electron chi connectivity index (χ1n) is 5.96. The zero-order chi connectivity index (χ0) is 13.0. The van der Waals surface area contributed by atoms with E-state index in [2.05, 4.69) is 29.4 Å². The molecule has 2 heterocycles. The Morgan fingerprint density at radius 2 is 2.22 bits per heavy atom. The Morgan fingerprint density at radius 3 is 2.89 bits per heavy atom. The molecule has 0 bridgehead atoms. The molecule has 0 fully saturated rings. The van der Waals surface area contributed by atoms with E-state index in [4.69, 9.17) is 16.0 Å². The van der Waals surface area contributed by atoms with Crippen LogP contribution < -0.4 is 5.32 Å². The lowest BCUT2D eigenvalue weighted by Crippen LogP contribution is -2.23. The molecule has 98 valence electrons. The molecule has 0 saturated carbocycles. The summed E-state index contributed by atoms with van der Waals surface area (Å²) in [7, 11) is 0. The van der Waals surface area contributed by atoms with E-state index in [0.29, 0.717) is 17.8 Å². The first-order chi connectivity index (χ1) is 8.65. The first-order valence-corrected chi connectivity index (χ1v) is 7.16. The third kappa shape index (κ3) is 3.80. The summed E-state index contributed by atoms with van der Waals surface area (Å²) in [6, 6.07) is 4.24. The van der Waals surface area contributed by atoms with Crippen molar-refractivity contribution in [3.63, 3.8) is 0 Å². The minimum atomic E-state index is 0.511. The predicted molar refractivity (Wildman–Crippen MR) is 74.1 cm³/mol. The molecule has 0 aliphatic carbocycles. The van der Waals surface area contributed by atoms with Gasteiger partial charge in [0.2, 0.25) is 5.89 Å². The van der Waals surface area contributed by atoms with Crippen molar-refractivity contribution in [2.45, 2.75) is 32.7 Å². The van der Waals surface area contributed by atoms with Gasteiger partial charge in [-0.25, -0.2) is 0 Å². The SMILES string of the molecule is CC(C)NCCCc1nnc(-c2ccc(Cl)s2)o1. The van der Waals surface area contributed by atoms with Gasteiger partial charge >= 0.3 is 0 Å². The molecular weight excluding hydrogens is 270 g/mol. The van der Waals surface area contributed by atoms with Crippen molar-refractivity contribution in [1.29, 1.82) is 0 Å². The zero-order valence-electron chi connectivity index (χ0n) is 10.4. The molecule has 0 atom stereocenters. The minimum Gasteiger partial charge on any atom is -0.420 e. The highest BCUT2D eigenvalue weighted by molar-refractivity contribution is 7.19. The van der Waals surface area contributed by atoms with E-state index in [1.165, 1.54) is 11.3 Å². The third-order valence-corrected chi connectivity index (χ3v) is 3.59. The molecule has 0 amide bonds. The second-order valence-corrected chi connectivity index (χ2v) is 6.03. The van der Waals surface area contributed by atoms with E-state index < -0.39 is 0 Å². The van der Waals surface area contributed by atoms with Gasteiger partial charge in [0.25, 0.3) is 5.89 Å². The molecule has 0 aliphatic heterocycles. The number of hydrogen-bond donors (Lipinski definition) is 1. The van der Waals surface area contributed by atoms with Gasteiger partial charge in [0, 0.05) is 12.5 Å². The number of hydrogen-bond acceptors (Lipinski definition) is 5. The molecule has 2 aromatic rings. The molecule has 0 spiro atoms. The van der Waals surface area contributed by atoms with Gasteiger partial charge in [-0.1, -0.05) is 25.4 Å². The second-order valence-electron chi connectivity index (χ2n) is 4.32. The summed E-state index contributed by atoms with van der Waals surface area (Å²) in [4.78, 5) is 0.916. The number of halogens is 1. The van der Waals surface area contributed by atoms with Crippen LogP contribution in [-0.2, 0) is 6.42 Å². The van der Waals surface area contributed by atoms with E-state index in [1.54, 1.807) is 0 Å². The van der Waals surface area contributed by atoms with Crippen molar-refractivity contribution < 1.29 is 4.42 Å². The second kappa shape index (κ2) is 6.31. The molecule has 0 saturated heterocycles. The van der Waals surface area contributed by atoms with Crippen LogP contribution in [0.25, 0.3) is 10.8 Å². The van der Waals surface area contributed by atoms with Crippen molar-refractivity contribution in [3.05, 3.63) is 22.4 Å². The lowest BCUT2D eigenvalue weighted by Gasteiger charge is -2.05. The summed E-state index contributed by atoms with van der Waals surface area (Å²) in [5.74, 6) is 1.23. The zero-order valence-corrected chi connectivity index (χ0v) is 12.0. The average Bonchev–Trinajstić information content (AvgIpc) is 2.93. The van der Waals surface area contributed by atoms with Gasteiger partial charge in [0.1, 0.15) is 0 Å². The number of rotatable bonds is 6. The van der Waals surface area contributed by atoms with Crippen molar-refractivity contribution in [1.82, 2.24) is 15.5 Å². The monoisotopic (exact) mass is 285 g/mol. The van der Waals surface area contributed by atoms with Gasteiger partial charge in [0.05, 0.1) is 9.21 Å². The molecular formula is C12H16ClN3OS. The van der Waals surface area contributed by atoms with Gasteiger partial charge in [0.15, 0.2) is 0 Å². The predicted octanol–water partition coefficient (Wildman–Crippen LogP) is 3.38. The average molecular weight is 286 g/mol. The Morgan fingerprint density at radius 1 is 1.39 bits per heavy atom. The van der Waals surface area contributed by atoms with Crippen molar-refractivity contribution in [2.24, 2.45) is 0 Å². The maximum Gasteiger partial charge on any atom is 0.257 e. The standard InChI is InChI=1S/C12H16ClN3OS/c1-8(2)14-7-3-4-11-15-16-12(17-11)9-5-6-10(13)18-9/h5-6,8,14H,3-4,7H2,1-2H3. The number of aryl methyl sites for hydroxylation is 1. The molecule has 2 rings (SSSR count). The van der Waals surface area contributed by atoms with Crippen LogP contribution in [0.5, 0.6) is 0 Å². The van der Waals surface area contributed by atoms with Crippen LogP contribution in [0.15, 0.2) is 16.5 Å². The van der Waals surface area contributed by atoms with Crippen molar-refractivity contribution in [2.75, 3.05) is 6.54 Å². The van der Waals surface area contributed by atoms with Crippen LogP contribution >= 0.6 is 22.9 Å². The smallest absolute Gasteiger partial charge is 0.257 e. The molecule has 0 aromatic carbocycles. The fourth-order valence-corrected chi connectivity index (χ4v) is 2.48. The van der Waals surface area contributed by atoms with Crippen molar-refractivity contribution in [3.8, 4) is 10.8 Å².